The fourth-order valence-corrected chi connectivity index (χ4v) is 4.95. The van der Waals surface area contributed by atoms with Crippen LogP contribution < -0.4 is 9.46 Å². The van der Waals surface area contributed by atoms with Gasteiger partial charge in [0.05, 0.1) is 18.4 Å². The molecule has 2 aromatic carbocycles. The molecule has 33 heavy (non-hydrogen) atoms. The van der Waals surface area contributed by atoms with Crippen LogP contribution in [0.15, 0.2) is 30.3 Å². The van der Waals surface area contributed by atoms with Gasteiger partial charge in [0.15, 0.2) is 0 Å². The number of halogens is 3. The normalized spacial score (nSPS) is 16.4. The number of likely N-dealkylation sites (tertiary alicyclic amines) is 1. The quantitative estimate of drug-likeness (QED) is 0.561. The Morgan fingerprint density at radius 1 is 1.18 bits per heavy atom. The predicted octanol–water partition coefficient (Wildman–Crippen LogP) is 4.98. The monoisotopic (exact) mass is 516 g/mol. The van der Waals surface area contributed by atoms with E-state index < -0.39 is 21.7 Å². The van der Waals surface area contributed by atoms with E-state index in [1.54, 1.807) is 17.7 Å². The smallest absolute Gasteiger partial charge is 0.267 e. The largest absolute Gasteiger partial charge is 0.493 e. The van der Waals surface area contributed by atoms with Crippen molar-refractivity contribution >= 4 is 39.1 Å². The van der Waals surface area contributed by atoms with Gasteiger partial charge in [0.25, 0.3) is 5.91 Å². The topological polar surface area (TPSA) is 75.7 Å². The molecule has 0 bridgehead atoms. The third kappa shape index (κ3) is 7.06. The van der Waals surface area contributed by atoms with Crippen molar-refractivity contribution in [1.29, 1.82) is 0 Å². The Morgan fingerprint density at radius 2 is 1.79 bits per heavy atom. The molecule has 1 N–H and O–H groups in total. The van der Waals surface area contributed by atoms with Crippen molar-refractivity contribution in [2.75, 3.05) is 26.0 Å². The predicted molar refractivity (Wildman–Crippen MR) is 128 cm³/mol. The number of hydrogen-bond donors (Lipinski definition) is 1. The number of amides is 1. The standard InChI is InChI=1S/C23H27Cl2FN2O4S/c1-14-8-20(23(29)27-33(3,30)31)21(26)12-22(14)32-13-16-4-6-28(7-5-16)15(2)17-9-18(24)11-19(25)10-17/h8-12,15-16H,4-7,13H2,1-3H3,(H,27,29)/t15-/m0/s1. The van der Waals surface area contributed by atoms with Crippen LogP contribution in [-0.4, -0.2) is 45.2 Å². The van der Waals surface area contributed by atoms with Crippen LogP contribution in [0, 0.1) is 18.7 Å². The third-order valence-electron chi connectivity index (χ3n) is 5.83. The highest BCUT2D eigenvalue weighted by atomic mass is 35.5. The summed E-state index contributed by atoms with van der Waals surface area (Å²) < 4.78 is 44.5. The molecule has 0 saturated carbocycles. The van der Waals surface area contributed by atoms with Crippen molar-refractivity contribution in [2.45, 2.75) is 32.7 Å². The summed E-state index contributed by atoms with van der Waals surface area (Å²) >= 11 is 12.3. The number of hydrogen-bond acceptors (Lipinski definition) is 5. The summed E-state index contributed by atoms with van der Waals surface area (Å²) in [5.74, 6) is -1.19. The number of ether oxygens (including phenoxy) is 1. The second-order valence-corrected chi connectivity index (χ2v) is 11.1. The van der Waals surface area contributed by atoms with E-state index in [-0.39, 0.29) is 11.6 Å². The number of sulfonamides is 1. The van der Waals surface area contributed by atoms with Crippen molar-refractivity contribution in [3.05, 3.63) is 62.9 Å². The van der Waals surface area contributed by atoms with Crippen LogP contribution in [0.3, 0.4) is 0 Å². The Labute approximate surface area is 204 Å². The summed E-state index contributed by atoms with van der Waals surface area (Å²) in [4.78, 5) is 14.4. The summed E-state index contributed by atoms with van der Waals surface area (Å²) in [7, 11) is -3.78. The lowest BCUT2D eigenvalue weighted by Crippen LogP contribution is -2.37. The molecule has 1 atom stereocenters. The molecule has 1 fully saturated rings. The van der Waals surface area contributed by atoms with Gasteiger partial charge in [-0.15, -0.1) is 0 Å². The van der Waals surface area contributed by atoms with Crippen molar-refractivity contribution in [3.8, 4) is 5.75 Å². The zero-order valence-corrected chi connectivity index (χ0v) is 21.0. The number of carbonyl (C=O) groups excluding carboxylic acids is 1. The van der Waals surface area contributed by atoms with Gasteiger partial charge < -0.3 is 4.74 Å². The lowest BCUT2D eigenvalue weighted by atomic mass is 9.95. The molecule has 1 aliphatic heterocycles. The zero-order valence-electron chi connectivity index (χ0n) is 18.7. The number of nitrogens with one attached hydrogen (secondary N) is 1. The van der Waals surface area contributed by atoms with Gasteiger partial charge in [-0.2, -0.15) is 0 Å². The average molecular weight is 517 g/mol. The van der Waals surface area contributed by atoms with Gasteiger partial charge in [0, 0.05) is 22.2 Å². The van der Waals surface area contributed by atoms with E-state index in [4.69, 9.17) is 27.9 Å². The van der Waals surface area contributed by atoms with E-state index in [1.165, 1.54) is 6.07 Å². The molecule has 1 amide bonds. The van der Waals surface area contributed by atoms with Crippen molar-refractivity contribution in [1.82, 2.24) is 9.62 Å². The molecule has 0 unspecified atom stereocenters. The molecular weight excluding hydrogens is 490 g/mol. The molecule has 3 rings (SSSR count). The number of piperidine rings is 1. The van der Waals surface area contributed by atoms with Gasteiger partial charge >= 0.3 is 0 Å². The first kappa shape index (κ1) is 25.7. The Bertz CT molecular complexity index is 1120. The van der Waals surface area contributed by atoms with Gasteiger partial charge in [0.1, 0.15) is 11.6 Å². The molecule has 0 aliphatic carbocycles. The zero-order chi connectivity index (χ0) is 24.3. The Balaban J connectivity index is 1.56. The number of rotatable bonds is 7. The average Bonchev–Trinajstić information content (AvgIpc) is 2.72. The van der Waals surface area contributed by atoms with Crippen molar-refractivity contribution in [3.63, 3.8) is 0 Å². The van der Waals surface area contributed by atoms with Crippen LogP contribution in [0.25, 0.3) is 0 Å². The summed E-state index contributed by atoms with van der Waals surface area (Å²) in [6.07, 6.45) is 2.69. The van der Waals surface area contributed by atoms with Crippen LogP contribution in [0.2, 0.25) is 10.0 Å². The molecule has 0 spiro atoms. The molecule has 180 valence electrons. The summed E-state index contributed by atoms with van der Waals surface area (Å²) in [5.41, 5.74) is 1.29. The molecule has 0 aromatic heterocycles. The molecular formula is C23H27Cl2FN2O4S. The SMILES string of the molecule is Cc1cc(C(=O)NS(C)(=O)=O)c(F)cc1OCC1CCN([C@@H](C)c2cc(Cl)cc(Cl)c2)CC1. The van der Waals surface area contributed by atoms with Gasteiger partial charge in [0.2, 0.25) is 10.0 Å². The maximum Gasteiger partial charge on any atom is 0.267 e. The highest BCUT2D eigenvalue weighted by molar-refractivity contribution is 7.89. The number of nitrogens with zero attached hydrogens (tertiary/aromatic N) is 1. The van der Waals surface area contributed by atoms with Crippen LogP contribution >= 0.6 is 23.2 Å². The van der Waals surface area contributed by atoms with Crippen molar-refractivity contribution < 1.29 is 22.3 Å². The van der Waals surface area contributed by atoms with Gasteiger partial charge in [-0.05, 0) is 81.1 Å². The molecule has 1 saturated heterocycles. The van der Waals surface area contributed by atoms with E-state index in [0.29, 0.717) is 33.9 Å². The minimum Gasteiger partial charge on any atom is -0.493 e. The number of aryl methyl sites for hydroxylation is 1. The fraction of sp³-hybridized carbons (Fsp3) is 0.435. The van der Waals surface area contributed by atoms with Crippen molar-refractivity contribution in [2.24, 2.45) is 5.92 Å². The van der Waals surface area contributed by atoms with Crippen LogP contribution in [0.4, 0.5) is 4.39 Å². The summed E-state index contributed by atoms with van der Waals surface area (Å²) in [6.45, 7) is 6.02. The lowest BCUT2D eigenvalue weighted by molar-refractivity contribution is 0.0977. The Kier molecular flexibility index (Phi) is 8.26. The first-order chi connectivity index (χ1) is 15.4. The number of carbonyl (C=O) groups is 1. The lowest BCUT2D eigenvalue weighted by Gasteiger charge is -2.36. The van der Waals surface area contributed by atoms with Crippen LogP contribution in [0.1, 0.15) is 47.3 Å². The highest BCUT2D eigenvalue weighted by Crippen LogP contribution is 2.31. The third-order valence-corrected chi connectivity index (χ3v) is 6.82. The molecule has 6 nitrogen and oxygen atoms in total. The molecule has 2 aromatic rings. The van der Waals surface area contributed by atoms with E-state index in [2.05, 4.69) is 11.8 Å². The van der Waals surface area contributed by atoms with Gasteiger partial charge in [-0.1, -0.05) is 23.2 Å². The molecule has 1 heterocycles. The van der Waals surface area contributed by atoms with E-state index in [0.717, 1.165) is 43.8 Å². The maximum atomic E-state index is 14.4. The first-order valence-corrected chi connectivity index (χ1v) is 13.2. The Morgan fingerprint density at radius 3 is 2.36 bits per heavy atom. The second kappa shape index (κ2) is 10.6. The Hall–Kier alpha value is -1.87. The summed E-state index contributed by atoms with van der Waals surface area (Å²) in [6, 6.07) is 8.20. The maximum absolute atomic E-state index is 14.4. The van der Waals surface area contributed by atoms with E-state index >= 15 is 0 Å². The van der Waals surface area contributed by atoms with Crippen LogP contribution in [-0.2, 0) is 10.0 Å². The van der Waals surface area contributed by atoms with Gasteiger partial charge in [-0.25, -0.2) is 17.5 Å². The molecule has 10 heteroatoms. The first-order valence-electron chi connectivity index (χ1n) is 10.6. The van der Waals surface area contributed by atoms with E-state index in [1.807, 2.05) is 12.1 Å². The summed E-state index contributed by atoms with van der Waals surface area (Å²) in [5, 5.41) is 1.24. The highest BCUT2D eigenvalue weighted by Gasteiger charge is 2.25. The molecule has 0 radical (unpaired) electrons. The van der Waals surface area contributed by atoms with Gasteiger partial charge in [-0.3, -0.25) is 9.69 Å². The minimum absolute atomic E-state index is 0.185. The second-order valence-electron chi connectivity index (χ2n) is 8.47. The van der Waals surface area contributed by atoms with E-state index in [9.17, 15) is 17.6 Å². The number of benzene rings is 2. The van der Waals surface area contributed by atoms with Crippen LogP contribution in [0.5, 0.6) is 5.75 Å². The minimum atomic E-state index is -3.78. The fourth-order valence-electron chi connectivity index (χ4n) is 3.96. The molecule has 1 aliphatic rings.